The van der Waals surface area contributed by atoms with E-state index in [0.29, 0.717) is 0 Å². The zero-order valence-electron chi connectivity index (χ0n) is 12.0. The van der Waals surface area contributed by atoms with E-state index < -0.39 is 0 Å². The number of hydrogen-bond donors (Lipinski definition) is 1. The normalized spacial score (nSPS) is 10.6. The predicted octanol–water partition coefficient (Wildman–Crippen LogP) is 2.75. The van der Waals surface area contributed by atoms with Crippen molar-refractivity contribution in [1.29, 1.82) is 0 Å². The van der Waals surface area contributed by atoms with E-state index in [4.69, 9.17) is 4.74 Å². The van der Waals surface area contributed by atoms with Crippen LogP contribution in [0.15, 0.2) is 30.5 Å². The molecule has 2 heterocycles. The summed E-state index contributed by atoms with van der Waals surface area (Å²) >= 11 is 1.50. The smallest absolute Gasteiger partial charge is 0.205 e. The first-order valence-electron chi connectivity index (χ1n) is 6.44. The minimum absolute atomic E-state index is 0.781. The molecule has 0 unspecified atom stereocenters. The molecule has 6 nitrogen and oxygen atoms in total. The average molecular weight is 301 g/mol. The van der Waals surface area contributed by atoms with E-state index in [1.165, 1.54) is 11.3 Å². The molecule has 0 radical (unpaired) electrons. The van der Waals surface area contributed by atoms with Crippen molar-refractivity contribution >= 4 is 16.5 Å². The number of para-hydroxylation sites is 2. The van der Waals surface area contributed by atoms with Crippen molar-refractivity contribution in [3.63, 3.8) is 0 Å². The maximum Gasteiger partial charge on any atom is 0.205 e. The molecule has 1 aromatic carbocycles. The van der Waals surface area contributed by atoms with Crippen molar-refractivity contribution in [1.82, 2.24) is 20.0 Å². The van der Waals surface area contributed by atoms with Gasteiger partial charge in [0.2, 0.25) is 5.13 Å². The highest BCUT2D eigenvalue weighted by atomic mass is 32.1. The fourth-order valence-corrected chi connectivity index (χ4v) is 2.86. The van der Waals surface area contributed by atoms with Crippen LogP contribution in [0.25, 0.3) is 16.3 Å². The van der Waals surface area contributed by atoms with Gasteiger partial charge in [-0.15, -0.1) is 10.2 Å². The minimum atomic E-state index is 0.781. The number of rotatable bonds is 4. The number of nitrogens with one attached hydrogen (secondary N) is 1. The molecule has 1 N–H and O–H groups in total. The van der Waals surface area contributed by atoms with E-state index in [9.17, 15) is 0 Å². The first kappa shape index (κ1) is 13.6. The molecular weight excluding hydrogens is 286 g/mol. The topological polar surface area (TPSA) is 64.9 Å². The van der Waals surface area contributed by atoms with Gasteiger partial charge in [0.25, 0.3) is 0 Å². The first-order valence-corrected chi connectivity index (χ1v) is 7.26. The van der Waals surface area contributed by atoms with Gasteiger partial charge in [0.05, 0.1) is 24.6 Å². The van der Waals surface area contributed by atoms with E-state index in [1.807, 2.05) is 49.1 Å². The molecule has 0 spiro atoms. The van der Waals surface area contributed by atoms with Gasteiger partial charge < -0.3 is 10.1 Å². The zero-order valence-corrected chi connectivity index (χ0v) is 12.8. The predicted molar refractivity (Wildman–Crippen MR) is 83.3 cm³/mol. The van der Waals surface area contributed by atoms with Gasteiger partial charge in [-0.05, 0) is 19.1 Å². The molecule has 0 amide bonds. The van der Waals surface area contributed by atoms with Crippen LogP contribution in [0.4, 0.5) is 5.13 Å². The first-order chi connectivity index (χ1) is 10.2. The molecule has 108 valence electrons. The van der Waals surface area contributed by atoms with E-state index in [-0.39, 0.29) is 0 Å². The Bertz CT molecular complexity index is 764. The van der Waals surface area contributed by atoms with Gasteiger partial charge in [0.1, 0.15) is 11.4 Å². The van der Waals surface area contributed by atoms with Gasteiger partial charge in [-0.25, -0.2) is 4.68 Å². The Labute approximate surface area is 126 Å². The maximum absolute atomic E-state index is 5.40. The Kier molecular flexibility index (Phi) is 3.57. The SMILES string of the molecule is CNc1nnc(-c2cnn(-c3ccccc3OC)c2C)s1. The number of nitrogens with zero attached hydrogens (tertiary/aromatic N) is 4. The second-order valence-corrected chi connectivity index (χ2v) is 5.37. The summed E-state index contributed by atoms with van der Waals surface area (Å²) < 4.78 is 7.25. The molecule has 0 bridgehead atoms. The Balaban J connectivity index is 2.07. The Morgan fingerprint density at radius 2 is 2.05 bits per heavy atom. The quantitative estimate of drug-likeness (QED) is 0.802. The number of hydrogen-bond acceptors (Lipinski definition) is 6. The fraction of sp³-hybridized carbons (Fsp3) is 0.214. The lowest BCUT2D eigenvalue weighted by Crippen LogP contribution is -2.01. The Morgan fingerprint density at radius 1 is 1.24 bits per heavy atom. The number of benzene rings is 1. The minimum Gasteiger partial charge on any atom is -0.494 e. The number of ether oxygens (including phenoxy) is 1. The second kappa shape index (κ2) is 5.53. The number of methoxy groups -OCH3 is 1. The highest BCUT2D eigenvalue weighted by Gasteiger charge is 2.15. The molecule has 0 saturated heterocycles. The van der Waals surface area contributed by atoms with Crippen molar-refractivity contribution in [2.75, 3.05) is 19.5 Å². The van der Waals surface area contributed by atoms with Crippen LogP contribution in [0.3, 0.4) is 0 Å². The van der Waals surface area contributed by atoms with Gasteiger partial charge in [0, 0.05) is 7.05 Å². The number of anilines is 1. The van der Waals surface area contributed by atoms with Crippen molar-refractivity contribution in [3.05, 3.63) is 36.2 Å². The molecule has 0 aliphatic carbocycles. The standard InChI is InChI=1S/C14H15N5OS/c1-9-10(13-17-18-14(15-2)21-13)8-16-19(9)11-6-4-5-7-12(11)20-3/h4-8H,1-3H3,(H,15,18). The van der Waals surface area contributed by atoms with Crippen molar-refractivity contribution in [3.8, 4) is 22.0 Å². The fourth-order valence-electron chi connectivity index (χ4n) is 2.10. The van der Waals surface area contributed by atoms with Crippen LogP contribution in [-0.2, 0) is 0 Å². The van der Waals surface area contributed by atoms with Crippen LogP contribution >= 0.6 is 11.3 Å². The third-order valence-electron chi connectivity index (χ3n) is 3.19. The largest absolute Gasteiger partial charge is 0.494 e. The second-order valence-electron chi connectivity index (χ2n) is 4.39. The number of aromatic nitrogens is 4. The van der Waals surface area contributed by atoms with Crippen molar-refractivity contribution < 1.29 is 4.74 Å². The van der Waals surface area contributed by atoms with Crippen molar-refractivity contribution in [2.24, 2.45) is 0 Å². The molecule has 0 aliphatic rings. The molecule has 0 atom stereocenters. The van der Waals surface area contributed by atoms with E-state index in [0.717, 1.165) is 32.8 Å². The molecule has 3 aromatic rings. The third-order valence-corrected chi connectivity index (χ3v) is 4.17. The van der Waals surface area contributed by atoms with E-state index in [1.54, 1.807) is 7.11 Å². The lowest BCUT2D eigenvalue weighted by Gasteiger charge is -2.09. The highest BCUT2D eigenvalue weighted by molar-refractivity contribution is 7.18. The Morgan fingerprint density at radius 3 is 2.76 bits per heavy atom. The molecule has 0 saturated carbocycles. The van der Waals surface area contributed by atoms with Crippen LogP contribution < -0.4 is 10.1 Å². The molecule has 0 fully saturated rings. The van der Waals surface area contributed by atoms with E-state index >= 15 is 0 Å². The van der Waals surface area contributed by atoms with Gasteiger partial charge >= 0.3 is 0 Å². The zero-order chi connectivity index (χ0) is 14.8. The van der Waals surface area contributed by atoms with Crippen LogP contribution in [0.1, 0.15) is 5.69 Å². The van der Waals surface area contributed by atoms with E-state index in [2.05, 4.69) is 20.6 Å². The molecule has 7 heteroatoms. The third kappa shape index (κ3) is 2.36. The summed E-state index contributed by atoms with van der Waals surface area (Å²) in [6.45, 7) is 2.01. The monoisotopic (exact) mass is 301 g/mol. The molecule has 2 aromatic heterocycles. The van der Waals surface area contributed by atoms with Crippen LogP contribution in [0.2, 0.25) is 0 Å². The summed E-state index contributed by atoms with van der Waals surface area (Å²) in [4.78, 5) is 0. The van der Waals surface area contributed by atoms with Gasteiger partial charge in [-0.3, -0.25) is 0 Å². The summed E-state index contributed by atoms with van der Waals surface area (Å²) in [6.07, 6.45) is 1.81. The van der Waals surface area contributed by atoms with Crippen molar-refractivity contribution in [2.45, 2.75) is 6.92 Å². The lowest BCUT2D eigenvalue weighted by molar-refractivity contribution is 0.411. The molecule has 3 rings (SSSR count). The molecular formula is C14H15N5OS. The maximum atomic E-state index is 5.40. The van der Waals surface area contributed by atoms with Crippen LogP contribution in [0.5, 0.6) is 5.75 Å². The van der Waals surface area contributed by atoms with Gasteiger partial charge in [0.15, 0.2) is 5.01 Å². The summed E-state index contributed by atoms with van der Waals surface area (Å²) in [5.74, 6) is 0.781. The Hall–Kier alpha value is -2.41. The summed E-state index contributed by atoms with van der Waals surface area (Å²) in [7, 11) is 3.48. The van der Waals surface area contributed by atoms with Crippen LogP contribution in [-0.4, -0.2) is 34.1 Å². The van der Waals surface area contributed by atoms with Crippen LogP contribution in [0, 0.1) is 6.92 Å². The average Bonchev–Trinajstić information content (AvgIpc) is 3.13. The lowest BCUT2D eigenvalue weighted by atomic mass is 10.2. The summed E-state index contributed by atoms with van der Waals surface area (Å²) in [5, 5.41) is 17.3. The van der Waals surface area contributed by atoms with Gasteiger partial charge in [-0.1, -0.05) is 23.5 Å². The molecule has 0 aliphatic heterocycles. The van der Waals surface area contributed by atoms with Gasteiger partial charge in [-0.2, -0.15) is 5.10 Å². The highest BCUT2D eigenvalue weighted by Crippen LogP contribution is 2.31. The summed E-state index contributed by atoms with van der Waals surface area (Å²) in [6, 6.07) is 7.79. The molecule has 21 heavy (non-hydrogen) atoms. The summed E-state index contributed by atoms with van der Waals surface area (Å²) in [5.41, 5.74) is 2.88.